The second-order valence-corrected chi connectivity index (χ2v) is 7.35. The van der Waals surface area contributed by atoms with E-state index in [2.05, 4.69) is 123 Å². The first-order valence-corrected chi connectivity index (χ1v) is 9.69. The van der Waals surface area contributed by atoms with Crippen LogP contribution in [0, 0.1) is 13.8 Å². The van der Waals surface area contributed by atoms with E-state index < -0.39 is 0 Å². The van der Waals surface area contributed by atoms with Crippen LogP contribution in [0.1, 0.15) is 33.4 Å². The normalized spacial score (nSPS) is 11.6. The fourth-order valence-corrected chi connectivity index (χ4v) is 3.23. The molecule has 0 aliphatic heterocycles. The molecule has 0 fully saturated rings. The second kappa shape index (κ2) is 8.10. The van der Waals surface area contributed by atoms with Crippen molar-refractivity contribution in [3.05, 3.63) is 118 Å². The number of hydrogen-bond donors (Lipinski definition) is 0. The lowest BCUT2D eigenvalue weighted by atomic mass is 10.0. The van der Waals surface area contributed by atoms with Gasteiger partial charge in [0.05, 0.1) is 0 Å². The van der Waals surface area contributed by atoms with Gasteiger partial charge in [0, 0.05) is 0 Å². The summed E-state index contributed by atoms with van der Waals surface area (Å²) in [4.78, 5) is 0. The molecule has 0 spiro atoms. The second-order valence-electron chi connectivity index (χ2n) is 7.35. The van der Waals surface area contributed by atoms with Crippen molar-refractivity contribution in [1.82, 2.24) is 0 Å². The molecule has 0 aliphatic rings. The van der Waals surface area contributed by atoms with Gasteiger partial charge in [0.15, 0.2) is 0 Å². The van der Waals surface area contributed by atoms with E-state index in [4.69, 9.17) is 0 Å². The fraction of sp³-hybridized carbons (Fsp3) is 0.0714. The molecule has 0 amide bonds. The Morgan fingerprint density at radius 1 is 0.393 bits per heavy atom. The maximum absolute atomic E-state index is 2.24. The van der Waals surface area contributed by atoms with Gasteiger partial charge >= 0.3 is 0 Å². The van der Waals surface area contributed by atoms with Crippen molar-refractivity contribution in [3.63, 3.8) is 0 Å². The zero-order valence-electron chi connectivity index (χ0n) is 16.4. The van der Waals surface area contributed by atoms with Gasteiger partial charge in [-0.2, -0.15) is 0 Å². The Morgan fingerprint density at radius 2 is 0.714 bits per heavy atom. The van der Waals surface area contributed by atoms with Gasteiger partial charge in [-0.25, -0.2) is 0 Å². The van der Waals surface area contributed by atoms with E-state index in [1.54, 1.807) is 0 Å². The zero-order chi connectivity index (χ0) is 19.3. The van der Waals surface area contributed by atoms with Gasteiger partial charge in [-0.1, -0.05) is 108 Å². The number of aryl methyl sites for hydroxylation is 2. The Kier molecular flexibility index (Phi) is 5.21. The van der Waals surface area contributed by atoms with E-state index in [-0.39, 0.29) is 0 Å². The molecule has 0 nitrogen and oxygen atoms in total. The summed E-state index contributed by atoms with van der Waals surface area (Å²) in [5, 5.41) is 2.53. The highest BCUT2D eigenvalue weighted by Gasteiger charge is 1.97. The minimum atomic E-state index is 1.22. The quantitative estimate of drug-likeness (QED) is 0.326. The summed E-state index contributed by atoms with van der Waals surface area (Å²) in [6.45, 7) is 4.22. The van der Waals surface area contributed by atoms with Crippen molar-refractivity contribution in [2.45, 2.75) is 13.8 Å². The number of benzene rings is 4. The highest BCUT2D eigenvalue weighted by molar-refractivity contribution is 5.88. The third-order valence-corrected chi connectivity index (χ3v) is 4.98. The fourth-order valence-electron chi connectivity index (χ4n) is 3.23. The topological polar surface area (TPSA) is 0 Å². The highest BCUT2D eigenvalue weighted by Crippen LogP contribution is 2.21. The van der Waals surface area contributed by atoms with Crippen LogP contribution in [0.4, 0.5) is 0 Å². The summed E-state index contributed by atoms with van der Waals surface area (Å²) in [5.41, 5.74) is 7.46. The van der Waals surface area contributed by atoms with E-state index in [0.29, 0.717) is 0 Å². The molecular weight excluding hydrogens is 336 g/mol. The molecule has 0 unspecified atom stereocenters. The zero-order valence-corrected chi connectivity index (χ0v) is 16.4. The molecule has 4 aromatic carbocycles. The molecule has 0 aromatic heterocycles. The van der Waals surface area contributed by atoms with E-state index in [9.17, 15) is 0 Å². The van der Waals surface area contributed by atoms with Crippen molar-refractivity contribution in [1.29, 1.82) is 0 Å². The summed E-state index contributed by atoms with van der Waals surface area (Å²) in [6, 6.07) is 30.4. The van der Waals surface area contributed by atoms with Crippen LogP contribution in [0.3, 0.4) is 0 Å². The standard InChI is InChI=1S/C28H24/c1-21-3-7-23(8-4-21)11-13-25-15-17-28-20-26(16-18-27(28)19-25)14-12-24-9-5-22(2)6-10-24/h3-20H,1-2H3/b13-11-,14-12-. The Balaban J connectivity index is 1.53. The van der Waals surface area contributed by atoms with Gasteiger partial charge in [-0.05, 0) is 59.0 Å². The average molecular weight is 361 g/mol. The first-order chi connectivity index (χ1) is 13.7. The molecule has 0 bridgehead atoms. The average Bonchev–Trinajstić information content (AvgIpc) is 2.73. The van der Waals surface area contributed by atoms with Crippen LogP contribution >= 0.6 is 0 Å². The molecule has 0 N–H and O–H groups in total. The lowest BCUT2D eigenvalue weighted by Gasteiger charge is -2.02. The largest absolute Gasteiger partial charge is 0.0587 e. The predicted octanol–water partition coefficient (Wildman–Crippen LogP) is 7.80. The monoisotopic (exact) mass is 360 g/mol. The maximum atomic E-state index is 2.24. The van der Waals surface area contributed by atoms with Crippen LogP contribution in [0.2, 0.25) is 0 Å². The minimum Gasteiger partial charge on any atom is -0.0587 e. The van der Waals surface area contributed by atoms with Crippen LogP contribution in [0.15, 0.2) is 84.9 Å². The highest BCUT2D eigenvalue weighted by atomic mass is 14.0. The van der Waals surface area contributed by atoms with Gasteiger partial charge in [0.25, 0.3) is 0 Å². The van der Waals surface area contributed by atoms with Gasteiger partial charge in [0.2, 0.25) is 0 Å². The molecule has 0 heterocycles. The summed E-state index contributed by atoms with van der Waals surface area (Å²) < 4.78 is 0. The summed E-state index contributed by atoms with van der Waals surface area (Å²) >= 11 is 0. The molecule has 4 rings (SSSR count). The first kappa shape index (κ1) is 18.0. The van der Waals surface area contributed by atoms with Gasteiger partial charge < -0.3 is 0 Å². The molecule has 136 valence electrons. The summed E-state index contributed by atoms with van der Waals surface area (Å²) in [5.74, 6) is 0. The molecule has 0 heteroatoms. The summed E-state index contributed by atoms with van der Waals surface area (Å²) in [7, 11) is 0. The molecular formula is C28H24. The third kappa shape index (κ3) is 4.47. The molecule has 28 heavy (non-hydrogen) atoms. The molecule has 0 radical (unpaired) electrons. The lowest BCUT2D eigenvalue weighted by Crippen LogP contribution is -1.79. The molecule has 0 saturated carbocycles. The molecule has 4 aromatic rings. The van der Waals surface area contributed by atoms with Crippen LogP contribution in [0.25, 0.3) is 35.1 Å². The third-order valence-electron chi connectivity index (χ3n) is 4.98. The van der Waals surface area contributed by atoms with Crippen molar-refractivity contribution in [2.24, 2.45) is 0 Å². The van der Waals surface area contributed by atoms with Crippen LogP contribution in [-0.4, -0.2) is 0 Å². The van der Waals surface area contributed by atoms with Crippen molar-refractivity contribution in [2.75, 3.05) is 0 Å². The molecule has 0 aliphatic carbocycles. The van der Waals surface area contributed by atoms with Crippen LogP contribution in [0.5, 0.6) is 0 Å². The Morgan fingerprint density at radius 3 is 1.11 bits per heavy atom. The van der Waals surface area contributed by atoms with E-state index in [1.807, 2.05) is 0 Å². The van der Waals surface area contributed by atoms with E-state index >= 15 is 0 Å². The predicted molar refractivity (Wildman–Crippen MR) is 124 cm³/mol. The van der Waals surface area contributed by atoms with Gasteiger partial charge in [-0.3, -0.25) is 0 Å². The van der Waals surface area contributed by atoms with Crippen molar-refractivity contribution in [3.8, 4) is 0 Å². The smallest absolute Gasteiger partial charge is 0.0178 e. The van der Waals surface area contributed by atoms with E-state index in [0.717, 1.165) is 0 Å². The van der Waals surface area contributed by atoms with Gasteiger partial charge in [-0.15, -0.1) is 0 Å². The Bertz CT molecular complexity index is 1050. The SMILES string of the molecule is Cc1ccc(/C=C\c2ccc3cc(/C=C\c4ccc(C)cc4)ccc3c2)cc1. The first-order valence-electron chi connectivity index (χ1n) is 9.69. The van der Waals surface area contributed by atoms with Crippen molar-refractivity contribution < 1.29 is 0 Å². The Hall–Kier alpha value is -3.38. The van der Waals surface area contributed by atoms with Crippen molar-refractivity contribution >= 4 is 35.1 Å². The minimum absolute atomic E-state index is 1.22. The summed E-state index contributed by atoms with van der Waals surface area (Å²) in [6.07, 6.45) is 8.68. The number of fused-ring (bicyclic) bond motifs is 1. The number of hydrogen-bond acceptors (Lipinski definition) is 0. The number of rotatable bonds is 4. The van der Waals surface area contributed by atoms with Crippen LogP contribution in [-0.2, 0) is 0 Å². The molecule has 0 saturated heterocycles. The maximum Gasteiger partial charge on any atom is -0.0178 e. The molecule has 0 atom stereocenters. The Labute approximate surface area is 167 Å². The lowest BCUT2D eigenvalue weighted by molar-refractivity contribution is 1.46. The van der Waals surface area contributed by atoms with Gasteiger partial charge in [0.1, 0.15) is 0 Å². The van der Waals surface area contributed by atoms with Crippen LogP contribution < -0.4 is 0 Å². The van der Waals surface area contributed by atoms with E-state index in [1.165, 1.54) is 44.2 Å².